The predicted molar refractivity (Wildman–Crippen MR) is 141 cm³/mol. The van der Waals surface area contributed by atoms with E-state index in [0.29, 0.717) is 22.7 Å². The van der Waals surface area contributed by atoms with Crippen LogP contribution >= 0.6 is 0 Å². The highest BCUT2D eigenvalue weighted by molar-refractivity contribution is 7.95. The molecule has 0 aliphatic carbocycles. The Hall–Kier alpha value is -3.71. The minimum Gasteiger partial charge on any atom is -0.497 e. The fourth-order valence-corrected chi connectivity index (χ4v) is 4.97. The van der Waals surface area contributed by atoms with Gasteiger partial charge in [-0.1, -0.05) is 48.5 Å². The first-order valence-corrected chi connectivity index (χ1v) is 12.8. The lowest BCUT2D eigenvalue weighted by Gasteiger charge is -2.29. The number of benzene rings is 3. The maximum atomic E-state index is 13.2. The summed E-state index contributed by atoms with van der Waals surface area (Å²) in [6.07, 6.45) is 2.40. The van der Waals surface area contributed by atoms with Gasteiger partial charge in [0, 0.05) is 16.8 Å². The number of carbonyl (C=O) groups excluding carboxylic acids is 1. The Labute approximate surface area is 206 Å². The van der Waals surface area contributed by atoms with Crippen LogP contribution in [0.3, 0.4) is 0 Å². The number of carbonyl (C=O) groups is 1. The van der Waals surface area contributed by atoms with Gasteiger partial charge in [0.25, 0.3) is 10.0 Å². The number of hydrogen-bond acceptors (Lipinski definition) is 5. The zero-order valence-corrected chi connectivity index (χ0v) is 20.8. The first-order valence-electron chi connectivity index (χ1n) is 11.3. The Bertz CT molecular complexity index is 1410. The van der Waals surface area contributed by atoms with Crippen LogP contribution in [0.4, 0.5) is 5.69 Å². The van der Waals surface area contributed by atoms with Crippen molar-refractivity contribution in [2.75, 3.05) is 11.8 Å². The lowest BCUT2D eigenvalue weighted by atomic mass is 9.85. The van der Waals surface area contributed by atoms with Crippen LogP contribution < -0.4 is 9.46 Å². The molecule has 1 heterocycles. The number of nitrogens with zero attached hydrogens (tertiary/aromatic N) is 1. The SMILES string of the molecule is COc1ccc2c(c1)C(CC(=O)c1cccc(NS(=O)(=O)C=Cc3ccccc3)c1)=NC(C)(C)C2. The van der Waals surface area contributed by atoms with Crippen molar-refractivity contribution in [2.45, 2.75) is 32.2 Å². The van der Waals surface area contributed by atoms with Crippen molar-refractivity contribution in [3.63, 3.8) is 0 Å². The largest absolute Gasteiger partial charge is 0.497 e. The molecule has 0 saturated heterocycles. The highest BCUT2D eigenvalue weighted by Crippen LogP contribution is 2.31. The number of ketones is 1. The molecule has 1 N–H and O–H groups in total. The molecule has 0 saturated carbocycles. The molecule has 180 valence electrons. The molecule has 3 aromatic carbocycles. The summed E-state index contributed by atoms with van der Waals surface area (Å²) in [6, 6.07) is 21.5. The minimum atomic E-state index is -3.75. The second-order valence-electron chi connectivity index (χ2n) is 9.11. The van der Waals surface area contributed by atoms with Gasteiger partial charge >= 0.3 is 0 Å². The number of aliphatic imine (C=N–C) groups is 1. The van der Waals surface area contributed by atoms with E-state index >= 15 is 0 Å². The molecule has 0 unspecified atom stereocenters. The second-order valence-corrected chi connectivity index (χ2v) is 10.7. The van der Waals surface area contributed by atoms with Gasteiger partial charge in [0.1, 0.15) is 5.75 Å². The molecule has 7 heteroatoms. The third-order valence-electron chi connectivity index (χ3n) is 5.70. The number of rotatable bonds is 8. The van der Waals surface area contributed by atoms with Crippen molar-refractivity contribution in [3.05, 3.63) is 100 Å². The van der Waals surface area contributed by atoms with Gasteiger partial charge in [-0.15, -0.1) is 0 Å². The van der Waals surface area contributed by atoms with Crippen LogP contribution in [0, 0.1) is 0 Å². The van der Waals surface area contributed by atoms with Crippen molar-refractivity contribution in [1.82, 2.24) is 0 Å². The van der Waals surface area contributed by atoms with E-state index in [2.05, 4.69) is 4.72 Å². The molecule has 35 heavy (non-hydrogen) atoms. The first-order chi connectivity index (χ1) is 16.6. The van der Waals surface area contributed by atoms with Crippen molar-refractivity contribution in [1.29, 1.82) is 0 Å². The molecule has 0 bridgehead atoms. The molecule has 1 aliphatic heterocycles. The number of methoxy groups -OCH3 is 1. The summed E-state index contributed by atoms with van der Waals surface area (Å²) < 4.78 is 32.9. The van der Waals surface area contributed by atoms with E-state index in [1.807, 2.05) is 62.4 Å². The van der Waals surface area contributed by atoms with Gasteiger partial charge in [0.15, 0.2) is 5.78 Å². The van der Waals surface area contributed by atoms with E-state index in [1.165, 1.54) is 6.08 Å². The van der Waals surface area contributed by atoms with Crippen LogP contribution in [0.2, 0.25) is 0 Å². The summed E-state index contributed by atoms with van der Waals surface area (Å²) in [5, 5.41) is 1.11. The zero-order chi connectivity index (χ0) is 25.1. The minimum absolute atomic E-state index is 0.105. The third kappa shape index (κ3) is 6.25. The number of sulfonamides is 1. The molecular formula is C28H28N2O4S. The zero-order valence-electron chi connectivity index (χ0n) is 20.0. The number of Topliss-reactive ketones (excluding diaryl/α,β-unsaturated/α-hetero) is 1. The summed E-state index contributed by atoms with van der Waals surface area (Å²) >= 11 is 0. The number of nitrogens with one attached hydrogen (secondary N) is 1. The van der Waals surface area contributed by atoms with E-state index in [-0.39, 0.29) is 17.7 Å². The highest BCUT2D eigenvalue weighted by Gasteiger charge is 2.28. The van der Waals surface area contributed by atoms with E-state index in [4.69, 9.17) is 9.73 Å². The van der Waals surface area contributed by atoms with Gasteiger partial charge in [0.05, 0.1) is 30.2 Å². The number of hydrogen-bond donors (Lipinski definition) is 1. The van der Waals surface area contributed by atoms with Gasteiger partial charge in [-0.3, -0.25) is 14.5 Å². The first kappa shape index (κ1) is 24.4. The Kier molecular flexibility index (Phi) is 6.89. The van der Waals surface area contributed by atoms with Gasteiger partial charge < -0.3 is 4.74 Å². The van der Waals surface area contributed by atoms with E-state index in [9.17, 15) is 13.2 Å². The molecule has 0 spiro atoms. The molecule has 0 aromatic heterocycles. The van der Waals surface area contributed by atoms with E-state index < -0.39 is 10.0 Å². The Morgan fingerprint density at radius 2 is 1.83 bits per heavy atom. The smallest absolute Gasteiger partial charge is 0.255 e. The number of fused-ring (bicyclic) bond motifs is 1. The topological polar surface area (TPSA) is 84.8 Å². The lowest BCUT2D eigenvalue weighted by Crippen LogP contribution is -2.30. The van der Waals surface area contributed by atoms with Crippen LogP contribution in [0.1, 0.15) is 47.3 Å². The molecule has 1 aliphatic rings. The maximum Gasteiger partial charge on any atom is 0.255 e. The summed E-state index contributed by atoms with van der Waals surface area (Å²) in [5.74, 6) is 0.569. The van der Waals surface area contributed by atoms with Crippen molar-refractivity contribution in [3.8, 4) is 5.75 Å². The molecule has 0 fully saturated rings. The fraction of sp³-hybridized carbons (Fsp3) is 0.214. The van der Waals surface area contributed by atoms with E-state index in [1.54, 1.807) is 31.4 Å². The van der Waals surface area contributed by atoms with Gasteiger partial charge in [-0.05, 0) is 61.7 Å². The normalized spacial score (nSPS) is 14.8. The average molecular weight is 489 g/mol. The van der Waals surface area contributed by atoms with E-state index in [0.717, 1.165) is 28.5 Å². The standard InChI is InChI=1S/C28H28N2O4S/c1-28(2)19-22-12-13-24(34-3)17-25(22)26(29-28)18-27(31)21-10-7-11-23(16-21)30-35(32,33)15-14-20-8-5-4-6-9-20/h4-17,30H,18-19H2,1-3H3. The second kappa shape index (κ2) is 9.88. The maximum absolute atomic E-state index is 13.2. The van der Waals surface area contributed by atoms with Crippen molar-refractivity contribution in [2.24, 2.45) is 4.99 Å². The van der Waals surface area contributed by atoms with Gasteiger partial charge in [0.2, 0.25) is 0 Å². The predicted octanol–water partition coefficient (Wildman–Crippen LogP) is 5.50. The molecule has 4 rings (SSSR count). The fourth-order valence-electron chi connectivity index (χ4n) is 4.11. The summed E-state index contributed by atoms with van der Waals surface area (Å²) in [6.45, 7) is 4.09. The monoisotopic (exact) mass is 488 g/mol. The van der Waals surface area contributed by atoms with Gasteiger partial charge in [-0.25, -0.2) is 8.42 Å². The molecule has 0 atom stereocenters. The molecular weight excluding hydrogens is 460 g/mol. The lowest BCUT2D eigenvalue weighted by molar-refractivity contribution is 0.100. The molecule has 0 amide bonds. The highest BCUT2D eigenvalue weighted by atomic mass is 32.2. The molecule has 3 aromatic rings. The van der Waals surface area contributed by atoms with Crippen LogP contribution in [-0.2, 0) is 16.4 Å². The Morgan fingerprint density at radius 3 is 2.57 bits per heavy atom. The Morgan fingerprint density at radius 1 is 1.06 bits per heavy atom. The van der Waals surface area contributed by atoms with Gasteiger partial charge in [-0.2, -0.15) is 0 Å². The molecule has 0 radical (unpaired) electrons. The molecule has 6 nitrogen and oxygen atoms in total. The van der Waals surface area contributed by atoms with Crippen molar-refractivity contribution >= 4 is 33.3 Å². The average Bonchev–Trinajstić information content (AvgIpc) is 2.82. The summed E-state index contributed by atoms with van der Waals surface area (Å²) in [7, 11) is -2.14. The third-order valence-corrected chi connectivity index (χ3v) is 6.72. The van der Waals surface area contributed by atoms with Crippen LogP contribution in [0.15, 0.2) is 83.2 Å². The number of anilines is 1. The van der Waals surface area contributed by atoms with Crippen LogP contribution in [0.25, 0.3) is 6.08 Å². The summed E-state index contributed by atoms with van der Waals surface area (Å²) in [5.41, 5.74) is 3.93. The Balaban J connectivity index is 1.53. The quantitative estimate of drug-likeness (QED) is 0.424. The van der Waals surface area contributed by atoms with Crippen molar-refractivity contribution < 1.29 is 17.9 Å². The summed E-state index contributed by atoms with van der Waals surface area (Å²) in [4.78, 5) is 18.1. The van der Waals surface area contributed by atoms with Crippen LogP contribution in [0.5, 0.6) is 5.75 Å². The van der Waals surface area contributed by atoms with Crippen LogP contribution in [-0.4, -0.2) is 32.6 Å². The number of ether oxygens (including phenoxy) is 1.